The van der Waals surface area contributed by atoms with Gasteiger partial charge in [-0.3, -0.25) is 0 Å². The molecule has 0 amide bonds. The zero-order chi connectivity index (χ0) is 16.9. The SMILES string of the molecule is Cc1cc(C(=O)O)cc(C(=O)O)c1.OC[C@@H]1O[CH][C@@H](O)[C@H]1O. The topological polar surface area (TPSA) is 145 Å². The third-order valence-electron chi connectivity index (χ3n) is 2.87. The molecule has 8 nitrogen and oxygen atoms in total. The van der Waals surface area contributed by atoms with Gasteiger partial charge in [0.1, 0.15) is 24.9 Å². The molecule has 0 unspecified atom stereocenters. The van der Waals surface area contributed by atoms with Crippen LogP contribution in [0.5, 0.6) is 0 Å². The number of ether oxygens (including phenoxy) is 1. The highest BCUT2D eigenvalue weighted by Gasteiger charge is 2.34. The molecule has 22 heavy (non-hydrogen) atoms. The standard InChI is InChI=1S/C9H8O4.C5H9O4/c1-5-2-6(8(10)11)4-7(3-5)9(12)13;6-1-4-5(8)3(7)2-9-4/h2-4H,1H3,(H,10,11)(H,12,13);2-8H,1H2/t;3-,4+,5-/m.1/s1. The molecule has 5 N–H and O–H groups in total. The maximum Gasteiger partial charge on any atom is 0.335 e. The first-order valence-electron chi connectivity index (χ1n) is 6.30. The van der Waals surface area contributed by atoms with Gasteiger partial charge in [0.05, 0.1) is 17.7 Å². The maximum absolute atomic E-state index is 10.5. The lowest BCUT2D eigenvalue weighted by Gasteiger charge is -2.10. The summed E-state index contributed by atoms with van der Waals surface area (Å²) in [6.45, 7) is 2.50. The summed E-state index contributed by atoms with van der Waals surface area (Å²) in [5, 5.41) is 43.3. The van der Waals surface area contributed by atoms with E-state index in [4.69, 9.17) is 25.5 Å². The Morgan fingerprint density at radius 3 is 1.86 bits per heavy atom. The summed E-state index contributed by atoms with van der Waals surface area (Å²) in [4.78, 5) is 21.1. The summed E-state index contributed by atoms with van der Waals surface area (Å²) >= 11 is 0. The minimum Gasteiger partial charge on any atom is -0.478 e. The van der Waals surface area contributed by atoms with E-state index < -0.39 is 30.3 Å². The van der Waals surface area contributed by atoms with Gasteiger partial charge in [0.25, 0.3) is 0 Å². The van der Waals surface area contributed by atoms with E-state index in [-0.39, 0.29) is 17.7 Å². The molecule has 2 rings (SSSR count). The monoisotopic (exact) mass is 313 g/mol. The number of benzene rings is 1. The number of carboxylic acid groups (broad SMARTS) is 2. The Bertz CT molecular complexity index is 509. The van der Waals surface area contributed by atoms with E-state index in [1.165, 1.54) is 12.1 Å². The van der Waals surface area contributed by atoms with Crippen LogP contribution in [0.1, 0.15) is 26.3 Å². The highest BCUT2D eigenvalue weighted by atomic mass is 16.5. The predicted octanol–water partition coefficient (Wildman–Crippen LogP) is -0.347. The van der Waals surface area contributed by atoms with Crippen LogP contribution in [0.25, 0.3) is 0 Å². The molecule has 1 saturated heterocycles. The molecule has 1 aromatic rings. The lowest BCUT2D eigenvalue weighted by atomic mass is 10.1. The lowest BCUT2D eigenvalue weighted by molar-refractivity contribution is -0.00317. The molecule has 1 heterocycles. The molecule has 0 spiro atoms. The van der Waals surface area contributed by atoms with Gasteiger partial charge in [-0.05, 0) is 30.7 Å². The van der Waals surface area contributed by atoms with Crippen LogP contribution < -0.4 is 0 Å². The zero-order valence-electron chi connectivity index (χ0n) is 11.7. The molecule has 0 aromatic heterocycles. The van der Waals surface area contributed by atoms with Crippen LogP contribution in [-0.4, -0.2) is 62.4 Å². The predicted molar refractivity (Wildman–Crippen MR) is 73.4 cm³/mol. The van der Waals surface area contributed by atoms with Crippen molar-refractivity contribution in [3.8, 4) is 0 Å². The fourth-order valence-electron chi connectivity index (χ4n) is 1.74. The van der Waals surface area contributed by atoms with Crippen LogP contribution in [0, 0.1) is 13.5 Å². The van der Waals surface area contributed by atoms with Crippen molar-refractivity contribution in [2.24, 2.45) is 0 Å². The van der Waals surface area contributed by atoms with E-state index in [2.05, 4.69) is 4.74 Å². The third-order valence-corrected chi connectivity index (χ3v) is 2.87. The number of carbonyl (C=O) groups is 2. The average molecular weight is 313 g/mol. The zero-order valence-corrected chi connectivity index (χ0v) is 11.7. The first kappa shape index (κ1) is 18.1. The van der Waals surface area contributed by atoms with Gasteiger partial charge in [-0.2, -0.15) is 0 Å². The van der Waals surface area contributed by atoms with Crippen LogP contribution in [0.3, 0.4) is 0 Å². The smallest absolute Gasteiger partial charge is 0.335 e. The summed E-state index contributed by atoms with van der Waals surface area (Å²) in [7, 11) is 0. The van der Waals surface area contributed by atoms with Gasteiger partial charge in [-0.25, -0.2) is 9.59 Å². The van der Waals surface area contributed by atoms with Gasteiger partial charge in [0.2, 0.25) is 0 Å². The molecule has 121 valence electrons. The fraction of sp³-hybridized carbons (Fsp3) is 0.357. The number of carboxylic acids is 2. The van der Waals surface area contributed by atoms with E-state index in [0.717, 1.165) is 12.7 Å². The second-order valence-electron chi connectivity index (χ2n) is 4.67. The van der Waals surface area contributed by atoms with Crippen molar-refractivity contribution < 1.29 is 39.9 Å². The van der Waals surface area contributed by atoms with Crippen molar-refractivity contribution >= 4 is 11.9 Å². The molecule has 0 bridgehead atoms. The van der Waals surface area contributed by atoms with Gasteiger partial charge in [0, 0.05) is 0 Å². The van der Waals surface area contributed by atoms with E-state index in [1.807, 2.05) is 0 Å². The van der Waals surface area contributed by atoms with Gasteiger partial charge < -0.3 is 30.3 Å². The molecule has 0 aliphatic carbocycles. The first-order valence-corrected chi connectivity index (χ1v) is 6.30. The number of aliphatic hydroxyl groups excluding tert-OH is 3. The van der Waals surface area contributed by atoms with E-state index in [0.29, 0.717) is 5.56 Å². The second kappa shape index (κ2) is 7.85. The van der Waals surface area contributed by atoms with Crippen molar-refractivity contribution in [1.82, 2.24) is 0 Å². The first-order chi connectivity index (χ1) is 10.3. The van der Waals surface area contributed by atoms with Crippen LogP contribution >= 0.6 is 0 Å². The summed E-state index contributed by atoms with van der Waals surface area (Å²) in [6.07, 6.45) is -2.59. The number of aryl methyl sites for hydroxylation is 1. The summed E-state index contributed by atoms with van der Waals surface area (Å²) < 4.78 is 4.65. The van der Waals surface area contributed by atoms with Crippen LogP contribution in [-0.2, 0) is 4.74 Å². The van der Waals surface area contributed by atoms with Crippen molar-refractivity contribution in [1.29, 1.82) is 0 Å². The number of aromatic carboxylic acids is 2. The molecule has 0 saturated carbocycles. The van der Waals surface area contributed by atoms with E-state index in [1.54, 1.807) is 6.92 Å². The van der Waals surface area contributed by atoms with Gasteiger partial charge in [-0.1, -0.05) is 0 Å². The Balaban J connectivity index is 0.000000235. The quantitative estimate of drug-likeness (QED) is 0.509. The second-order valence-corrected chi connectivity index (χ2v) is 4.67. The number of aliphatic hydroxyl groups is 3. The normalized spacial score (nSPS) is 23.5. The Morgan fingerprint density at radius 2 is 1.59 bits per heavy atom. The van der Waals surface area contributed by atoms with Crippen LogP contribution in [0.4, 0.5) is 0 Å². The van der Waals surface area contributed by atoms with Crippen molar-refractivity contribution in [3.63, 3.8) is 0 Å². The third kappa shape index (κ3) is 4.78. The van der Waals surface area contributed by atoms with Crippen molar-refractivity contribution in [3.05, 3.63) is 41.5 Å². The highest BCUT2D eigenvalue weighted by Crippen LogP contribution is 2.16. The van der Waals surface area contributed by atoms with Crippen LogP contribution in [0.15, 0.2) is 18.2 Å². The molecule has 1 fully saturated rings. The van der Waals surface area contributed by atoms with E-state index >= 15 is 0 Å². The van der Waals surface area contributed by atoms with Gasteiger partial charge in [-0.15, -0.1) is 0 Å². The van der Waals surface area contributed by atoms with Gasteiger partial charge >= 0.3 is 11.9 Å². The maximum atomic E-state index is 10.5. The number of rotatable bonds is 3. The molecular formula is C14H17O8. The molecule has 3 atom stereocenters. The Morgan fingerprint density at radius 1 is 1.09 bits per heavy atom. The van der Waals surface area contributed by atoms with Crippen molar-refractivity contribution in [2.75, 3.05) is 6.61 Å². The summed E-state index contributed by atoms with van der Waals surface area (Å²) in [5.41, 5.74) is 0.618. The number of hydrogen-bond acceptors (Lipinski definition) is 6. The van der Waals surface area contributed by atoms with Gasteiger partial charge in [0.15, 0.2) is 0 Å². The molecule has 1 radical (unpaired) electrons. The molecule has 1 aliphatic rings. The average Bonchev–Trinajstić information content (AvgIpc) is 2.78. The minimum atomic E-state index is -1.12. The Hall–Kier alpha value is -2.00. The Labute approximate surface area is 126 Å². The highest BCUT2D eigenvalue weighted by molar-refractivity contribution is 5.94. The van der Waals surface area contributed by atoms with E-state index in [9.17, 15) is 9.59 Å². The molecular weight excluding hydrogens is 296 g/mol. The molecule has 1 aromatic carbocycles. The van der Waals surface area contributed by atoms with Crippen LogP contribution in [0.2, 0.25) is 0 Å². The number of hydrogen-bond donors (Lipinski definition) is 5. The molecule has 1 aliphatic heterocycles. The molecule has 8 heteroatoms. The van der Waals surface area contributed by atoms with Crippen molar-refractivity contribution in [2.45, 2.75) is 25.2 Å². The summed E-state index contributed by atoms with van der Waals surface area (Å²) in [6, 6.07) is 3.99. The minimum absolute atomic E-state index is 0.00241. The lowest BCUT2D eigenvalue weighted by Crippen LogP contribution is -2.31. The Kier molecular flexibility index (Phi) is 6.44. The fourth-order valence-corrected chi connectivity index (χ4v) is 1.74. The summed E-state index contributed by atoms with van der Waals surface area (Å²) in [5.74, 6) is -2.24. The largest absolute Gasteiger partial charge is 0.478 e.